The molecular weight excluding hydrogens is 502 g/mol. The van der Waals surface area contributed by atoms with Crippen molar-refractivity contribution in [3.8, 4) is 23.0 Å². The summed E-state index contributed by atoms with van der Waals surface area (Å²) in [5.74, 6) is 2.04. The molecule has 10 heteroatoms. The normalized spacial score (nSPS) is 12.6. The second kappa shape index (κ2) is 13.7. The van der Waals surface area contributed by atoms with E-state index in [4.69, 9.17) is 23.7 Å². The molecule has 0 saturated carbocycles. The molecule has 2 N–H and O–H groups in total. The molecule has 204 valence electrons. The van der Waals surface area contributed by atoms with Crippen LogP contribution in [0.3, 0.4) is 0 Å². The van der Waals surface area contributed by atoms with E-state index in [0.717, 1.165) is 11.1 Å². The molecule has 0 bridgehead atoms. The molecule has 0 fully saturated rings. The van der Waals surface area contributed by atoms with Crippen LogP contribution in [0.25, 0.3) is 0 Å². The summed E-state index contributed by atoms with van der Waals surface area (Å²) in [5.41, 5.74) is 5.00. The van der Waals surface area contributed by atoms with Crippen molar-refractivity contribution in [3.05, 3.63) is 83.4 Å². The largest absolute Gasteiger partial charge is 0.490 e. The van der Waals surface area contributed by atoms with Gasteiger partial charge in [-0.2, -0.15) is 5.10 Å². The summed E-state index contributed by atoms with van der Waals surface area (Å²) in [4.78, 5) is 24.8. The fourth-order valence-corrected chi connectivity index (χ4v) is 3.81. The number of carbonyl (C=O) groups is 2. The molecule has 3 aromatic carbocycles. The van der Waals surface area contributed by atoms with E-state index in [-0.39, 0.29) is 19.8 Å². The van der Waals surface area contributed by atoms with Crippen LogP contribution in [0.1, 0.15) is 30.5 Å². The van der Waals surface area contributed by atoms with Gasteiger partial charge >= 0.3 is 6.09 Å². The maximum Gasteiger partial charge on any atom is 0.407 e. The smallest absolute Gasteiger partial charge is 0.407 e. The number of alkyl carbamates (subject to hydrolysis) is 1. The lowest BCUT2D eigenvalue weighted by molar-refractivity contribution is -0.123. The van der Waals surface area contributed by atoms with Crippen molar-refractivity contribution in [2.75, 3.05) is 20.0 Å². The summed E-state index contributed by atoms with van der Waals surface area (Å²) in [7, 11) is 0. The maximum absolute atomic E-state index is 12.8. The van der Waals surface area contributed by atoms with Crippen molar-refractivity contribution >= 4 is 18.2 Å². The van der Waals surface area contributed by atoms with E-state index in [1.165, 1.54) is 6.21 Å². The molecule has 1 aliphatic rings. The van der Waals surface area contributed by atoms with Gasteiger partial charge in [0.15, 0.2) is 23.0 Å². The zero-order chi connectivity index (χ0) is 27.5. The van der Waals surface area contributed by atoms with Crippen LogP contribution in [-0.2, 0) is 22.6 Å². The molecule has 3 aromatic rings. The predicted octanol–water partition coefficient (Wildman–Crippen LogP) is 4.20. The highest BCUT2D eigenvalue weighted by Crippen LogP contribution is 2.34. The van der Waals surface area contributed by atoms with Crippen LogP contribution in [0.2, 0.25) is 0 Å². The molecular formula is C29H31N3O7. The Morgan fingerprint density at radius 1 is 0.923 bits per heavy atom. The van der Waals surface area contributed by atoms with Gasteiger partial charge in [0.25, 0.3) is 5.91 Å². The molecule has 1 aliphatic heterocycles. The van der Waals surface area contributed by atoms with Crippen LogP contribution in [0, 0.1) is 0 Å². The van der Waals surface area contributed by atoms with E-state index in [0.29, 0.717) is 41.8 Å². The number of fused-ring (bicyclic) bond motifs is 1. The molecule has 0 aromatic heterocycles. The number of nitrogens with one attached hydrogen (secondary N) is 2. The number of ether oxygens (including phenoxy) is 5. The number of carbonyl (C=O) groups excluding carboxylic acids is 2. The van der Waals surface area contributed by atoms with E-state index in [1.54, 1.807) is 25.1 Å². The highest BCUT2D eigenvalue weighted by Gasteiger charge is 2.21. The molecule has 0 unspecified atom stereocenters. The third-order valence-corrected chi connectivity index (χ3v) is 5.65. The monoisotopic (exact) mass is 533 g/mol. The molecule has 1 heterocycles. The van der Waals surface area contributed by atoms with Gasteiger partial charge in [0.05, 0.1) is 19.4 Å². The van der Waals surface area contributed by atoms with Gasteiger partial charge < -0.3 is 29.0 Å². The van der Waals surface area contributed by atoms with Crippen molar-refractivity contribution in [1.82, 2.24) is 10.7 Å². The Hall–Kier alpha value is -4.73. The number of hydrogen-bond acceptors (Lipinski definition) is 8. The molecule has 0 spiro atoms. The van der Waals surface area contributed by atoms with Crippen LogP contribution in [-0.4, -0.2) is 44.3 Å². The van der Waals surface area contributed by atoms with Crippen LogP contribution in [0.15, 0.2) is 71.8 Å². The van der Waals surface area contributed by atoms with Crippen LogP contribution in [0.4, 0.5) is 4.79 Å². The summed E-state index contributed by atoms with van der Waals surface area (Å²) in [6, 6.07) is 19.5. The molecule has 0 aliphatic carbocycles. The van der Waals surface area contributed by atoms with Crippen molar-refractivity contribution in [2.45, 2.75) is 32.9 Å². The average Bonchev–Trinajstić information content (AvgIpc) is 3.41. The minimum atomic E-state index is -0.866. The number of benzene rings is 3. The lowest BCUT2D eigenvalue weighted by atomic mass is 10.1. The second-order valence-corrected chi connectivity index (χ2v) is 8.46. The Labute approximate surface area is 226 Å². The molecule has 39 heavy (non-hydrogen) atoms. The third kappa shape index (κ3) is 7.88. The van der Waals surface area contributed by atoms with Crippen molar-refractivity contribution in [2.24, 2.45) is 5.10 Å². The molecule has 10 nitrogen and oxygen atoms in total. The van der Waals surface area contributed by atoms with Crippen LogP contribution in [0.5, 0.6) is 23.0 Å². The van der Waals surface area contributed by atoms with E-state index in [9.17, 15) is 9.59 Å². The first-order valence-corrected chi connectivity index (χ1v) is 12.6. The standard InChI is InChI=1S/C29H31N3O7/c1-3-35-26-15-21(10-12-24(26)37-18-22-11-13-25-27(16-22)39-19-38-25)17-30-32-28(33)23(31-29(34)36-4-2)14-20-8-6-5-7-9-20/h5-13,15-17,23H,3-4,14,18-19H2,1-2H3,(H,31,34)(H,32,33)/b30-17-/t23-/m0/s1. The zero-order valence-corrected chi connectivity index (χ0v) is 21.8. The molecule has 4 rings (SSSR count). The fourth-order valence-electron chi connectivity index (χ4n) is 3.81. The van der Waals surface area contributed by atoms with Gasteiger partial charge in [-0.15, -0.1) is 0 Å². The highest BCUT2D eigenvalue weighted by atomic mass is 16.7. The number of hydrogen-bond donors (Lipinski definition) is 2. The SMILES string of the molecule is CCOC(=O)N[C@@H](Cc1ccccc1)C(=O)N/N=C\c1ccc(OCc2ccc3c(c2)OCO3)c(OCC)c1. The van der Waals surface area contributed by atoms with Crippen molar-refractivity contribution in [3.63, 3.8) is 0 Å². The summed E-state index contributed by atoms with van der Waals surface area (Å²) >= 11 is 0. The maximum atomic E-state index is 12.8. The predicted molar refractivity (Wildman–Crippen MR) is 144 cm³/mol. The molecule has 1 atom stereocenters. The van der Waals surface area contributed by atoms with E-state index in [2.05, 4.69) is 15.8 Å². The fraction of sp³-hybridized carbons (Fsp3) is 0.276. The molecule has 0 saturated heterocycles. The minimum absolute atomic E-state index is 0.197. The third-order valence-electron chi connectivity index (χ3n) is 5.65. The quantitative estimate of drug-likeness (QED) is 0.265. The highest BCUT2D eigenvalue weighted by molar-refractivity contribution is 5.87. The van der Waals surface area contributed by atoms with Crippen molar-refractivity contribution in [1.29, 1.82) is 0 Å². The number of hydrazone groups is 1. The van der Waals surface area contributed by atoms with Gasteiger partial charge in [-0.25, -0.2) is 10.2 Å². The first kappa shape index (κ1) is 27.3. The molecule has 0 radical (unpaired) electrons. The van der Waals surface area contributed by atoms with Gasteiger partial charge in [0, 0.05) is 6.42 Å². The molecule has 2 amide bonds. The van der Waals surface area contributed by atoms with Gasteiger partial charge in [-0.1, -0.05) is 36.4 Å². The Morgan fingerprint density at radius 2 is 1.74 bits per heavy atom. The van der Waals surface area contributed by atoms with E-state index >= 15 is 0 Å². The Morgan fingerprint density at radius 3 is 2.54 bits per heavy atom. The summed E-state index contributed by atoms with van der Waals surface area (Å²) in [5, 5.41) is 6.67. The van der Waals surface area contributed by atoms with Gasteiger partial charge in [0.1, 0.15) is 12.6 Å². The van der Waals surface area contributed by atoms with Crippen molar-refractivity contribution < 1.29 is 33.3 Å². The zero-order valence-electron chi connectivity index (χ0n) is 21.8. The van der Waals surface area contributed by atoms with Gasteiger partial charge in [-0.3, -0.25) is 4.79 Å². The Balaban J connectivity index is 1.39. The number of amides is 2. The Bertz CT molecular complexity index is 1300. The van der Waals surface area contributed by atoms with Crippen LogP contribution < -0.4 is 29.7 Å². The first-order chi connectivity index (χ1) is 19.1. The van der Waals surface area contributed by atoms with Crippen LogP contribution >= 0.6 is 0 Å². The van der Waals surface area contributed by atoms with E-state index < -0.39 is 18.0 Å². The van der Waals surface area contributed by atoms with Gasteiger partial charge in [-0.05, 0) is 60.9 Å². The lowest BCUT2D eigenvalue weighted by Gasteiger charge is -2.17. The van der Waals surface area contributed by atoms with E-state index in [1.807, 2.05) is 55.5 Å². The second-order valence-electron chi connectivity index (χ2n) is 8.46. The lowest BCUT2D eigenvalue weighted by Crippen LogP contribution is -2.47. The topological polar surface area (TPSA) is 117 Å². The average molecular weight is 534 g/mol. The Kier molecular flexibility index (Phi) is 9.60. The summed E-state index contributed by atoms with van der Waals surface area (Å²) in [6.45, 7) is 4.75. The number of rotatable bonds is 12. The first-order valence-electron chi connectivity index (χ1n) is 12.6. The summed E-state index contributed by atoms with van der Waals surface area (Å²) in [6.07, 6.45) is 1.10. The van der Waals surface area contributed by atoms with Gasteiger partial charge in [0.2, 0.25) is 6.79 Å². The number of nitrogens with zero attached hydrogens (tertiary/aromatic N) is 1. The minimum Gasteiger partial charge on any atom is -0.490 e. The summed E-state index contributed by atoms with van der Waals surface area (Å²) < 4.78 is 27.5.